The standard InChI is InChI=1S/C17H31N3O/c1-15(18-9-4-2-3-5-10-18)17(21)20-13-7-12-19-11-6-8-16(19)14-20/h15-16H,2-14H2,1H3. The molecule has 0 aromatic carbocycles. The van der Waals surface area contributed by atoms with Gasteiger partial charge in [0.05, 0.1) is 6.04 Å². The number of carbonyl (C=O) groups excluding carboxylic acids is 1. The maximum Gasteiger partial charge on any atom is 0.239 e. The van der Waals surface area contributed by atoms with E-state index in [1.807, 2.05) is 0 Å². The van der Waals surface area contributed by atoms with Crippen LogP contribution in [0.25, 0.3) is 0 Å². The molecule has 3 aliphatic rings. The molecule has 2 atom stereocenters. The van der Waals surface area contributed by atoms with Crippen LogP contribution >= 0.6 is 0 Å². The fourth-order valence-corrected chi connectivity index (χ4v) is 4.31. The molecule has 3 fully saturated rings. The molecular weight excluding hydrogens is 262 g/mol. The molecular formula is C17H31N3O. The van der Waals surface area contributed by atoms with Gasteiger partial charge in [0.2, 0.25) is 5.91 Å². The third-order valence-electron chi connectivity index (χ3n) is 5.66. The summed E-state index contributed by atoms with van der Waals surface area (Å²) in [6, 6.07) is 0.712. The second kappa shape index (κ2) is 7.10. The Morgan fingerprint density at radius 2 is 1.62 bits per heavy atom. The summed E-state index contributed by atoms with van der Waals surface area (Å²) < 4.78 is 0. The Kier molecular flexibility index (Phi) is 5.17. The molecule has 3 saturated heterocycles. The van der Waals surface area contributed by atoms with Crippen LogP contribution in [0.3, 0.4) is 0 Å². The second-order valence-electron chi connectivity index (χ2n) is 7.10. The molecule has 0 saturated carbocycles. The molecule has 1 amide bonds. The molecule has 0 bridgehead atoms. The third kappa shape index (κ3) is 3.59. The molecule has 0 spiro atoms. The number of nitrogens with zero attached hydrogens (tertiary/aromatic N) is 3. The van der Waals surface area contributed by atoms with Crippen LogP contribution in [0.1, 0.15) is 51.9 Å². The third-order valence-corrected chi connectivity index (χ3v) is 5.66. The molecule has 3 aliphatic heterocycles. The smallest absolute Gasteiger partial charge is 0.239 e. The van der Waals surface area contributed by atoms with Crippen molar-refractivity contribution in [2.75, 3.05) is 39.3 Å². The topological polar surface area (TPSA) is 26.8 Å². The lowest BCUT2D eigenvalue weighted by molar-refractivity contribution is -0.136. The van der Waals surface area contributed by atoms with Gasteiger partial charge in [-0.25, -0.2) is 0 Å². The van der Waals surface area contributed by atoms with E-state index in [0.717, 1.165) is 32.6 Å². The van der Waals surface area contributed by atoms with Crippen molar-refractivity contribution in [1.29, 1.82) is 0 Å². The molecule has 2 unspecified atom stereocenters. The minimum Gasteiger partial charge on any atom is -0.340 e. The van der Waals surface area contributed by atoms with Crippen LogP contribution < -0.4 is 0 Å². The largest absolute Gasteiger partial charge is 0.340 e. The zero-order valence-electron chi connectivity index (χ0n) is 13.6. The molecule has 0 radical (unpaired) electrons. The average Bonchev–Trinajstić information content (AvgIpc) is 2.73. The van der Waals surface area contributed by atoms with Crippen molar-refractivity contribution in [3.63, 3.8) is 0 Å². The van der Waals surface area contributed by atoms with E-state index < -0.39 is 0 Å². The van der Waals surface area contributed by atoms with Crippen LogP contribution in [0.4, 0.5) is 0 Å². The van der Waals surface area contributed by atoms with E-state index in [0.29, 0.717) is 11.9 Å². The summed E-state index contributed by atoms with van der Waals surface area (Å²) in [4.78, 5) is 20.1. The van der Waals surface area contributed by atoms with Gasteiger partial charge in [-0.1, -0.05) is 12.8 Å². The van der Waals surface area contributed by atoms with Crippen molar-refractivity contribution < 1.29 is 4.79 Å². The SMILES string of the molecule is CC(C(=O)N1CCCN2CCCC2C1)N1CCCCCC1. The van der Waals surface area contributed by atoms with Gasteiger partial charge in [-0.05, 0) is 58.7 Å². The predicted molar refractivity (Wildman–Crippen MR) is 85.3 cm³/mol. The van der Waals surface area contributed by atoms with Crippen molar-refractivity contribution in [3.05, 3.63) is 0 Å². The molecule has 21 heavy (non-hydrogen) atoms. The monoisotopic (exact) mass is 293 g/mol. The van der Waals surface area contributed by atoms with Crippen molar-refractivity contribution >= 4 is 5.91 Å². The molecule has 3 rings (SSSR count). The fraction of sp³-hybridized carbons (Fsp3) is 0.941. The van der Waals surface area contributed by atoms with Crippen LogP contribution in [0.5, 0.6) is 0 Å². The first-order chi connectivity index (χ1) is 10.3. The van der Waals surface area contributed by atoms with Gasteiger partial charge >= 0.3 is 0 Å². The summed E-state index contributed by atoms with van der Waals surface area (Å²) in [6.07, 6.45) is 8.92. The number of hydrogen-bond acceptors (Lipinski definition) is 3. The zero-order valence-corrected chi connectivity index (χ0v) is 13.6. The van der Waals surface area contributed by atoms with E-state index in [2.05, 4.69) is 21.6 Å². The van der Waals surface area contributed by atoms with Gasteiger partial charge in [0, 0.05) is 25.7 Å². The van der Waals surface area contributed by atoms with E-state index >= 15 is 0 Å². The molecule has 3 heterocycles. The number of likely N-dealkylation sites (tertiary alicyclic amines) is 1. The quantitative estimate of drug-likeness (QED) is 0.778. The molecule has 0 aromatic rings. The van der Waals surface area contributed by atoms with E-state index in [1.165, 1.54) is 51.6 Å². The van der Waals surface area contributed by atoms with Crippen LogP contribution in [0.2, 0.25) is 0 Å². The summed E-state index contributed by atoms with van der Waals surface area (Å²) in [6.45, 7) is 8.71. The highest BCUT2D eigenvalue weighted by Crippen LogP contribution is 2.22. The van der Waals surface area contributed by atoms with Gasteiger partial charge in [0.15, 0.2) is 0 Å². The number of fused-ring (bicyclic) bond motifs is 1. The van der Waals surface area contributed by atoms with E-state index in [1.54, 1.807) is 0 Å². The summed E-state index contributed by atoms with van der Waals surface area (Å²) in [5.41, 5.74) is 0. The predicted octanol–water partition coefficient (Wildman–Crippen LogP) is 1.95. The minimum atomic E-state index is 0.0797. The Balaban J connectivity index is 1.60. The van der Waals surface area contributed by atoms with Crippen molar-refractivity contribution in [1.82, 2.24) is 14.7 Å². The lowest BCUT2D eigenvalue weighted by atomic mass is 10.1. The highest BCUT2D eigenvalue weighted by Gasteiger charge is 2.33. The van der Waals surface area contributed by atoms with Crippen molar-refractivity contribution in [2.24, 2.45) is 0 Å². The lowest BCUT2D eigenvalue weighted by Gasteiger charge is -2.32. The average molecular weight is 293 g/mol. The highest BCUT2D eigenvalue weighted by molar-refractivity contribution is 5.81. The van der Waals surface area contributed by atoms with Crippen LogP contribution in [-0.4, -0.2) is 72.0 Å². The first-order valence-electron chi connectivity index (χ1n) is 9.02. The first kappa shape index (κ1) is 15.3. The van der Waals surface area contributed by atoms with Gasteiger partial charge in [0.1, 0.15) is 0 Å². The van der Waals surface area contributed by atoms with Gasteiger partial charge in [-0.2, -0.15) is 0 Å². The Hall–Kier alpha value is -0.610. The van der Waals surface area contributed by atoms with E-state index in [4.69, 9.17) is 0 Å². The van der Waals surface area contributed by atoms with Crippen LogP contribution in [-0.2, 0) is 4.79 Å². The Morgan fingerprint density at radius 1 is 0.905 bits per heavy atom. The van der Waals surface area contributed by atoms with Crippen molar-refractivity contribution in [2.45, 2.75) is 64.0 Å². The Bertz CT molecular complexity index is 352. The molecule has 4 heteroatoms. The highest BCUT2D eigenvalue weighted by atomic mass is 16.2. The van der Waals surface area contributed by atoms with Crippen molar-refractivity contribution in [3.8, 4) is 0 Å². The van der Waals surface area contributed by atoms with Gasteiger partial charge in [-0.15, -0.1) is 0 Å². The number of carbonyl (C=O) groups is 1. The summed E-state index contributed by atoms with van der Waals surface area (Å²) in [5.74, 6) is 0.380. The lowest BCUT2D eigenvalue weighted by Crippen LogP contribution is -2.49. The summed E-state index contributed by atoms with van der Waals surface area (Å²) >= 11 is 0. The van der Waals surface area contributed by atoms with Crippen LogP contribution in [0, 0.1) is 0 Å². The Labute approximate surface area is 129 Å². The Morgan fingerprint density at radius 3 is 2.38 bits per heavy atom. The fourth-order valence-electron chi connectivity index (χ4n) is 4.31. The summed E-state index contributed by atoms with van der Waals surface area (Å²) in [5, 5.41) is 0. The minimum absolute atomic E-state index is 0.0797. The molecule has 120 valence electrons. The number of hydrogen-bond donors (Lipinski definition) is 0. The normalized spacial score (nSPS) is 30.5. The molecule has 4 nitrogen and oxygen atoms in total. The molecule has 0 aliphatic carbocycles. The van der Waals surface area contributed by atoms with Crippen LogP contribution in [0.15, 0.2) is 0 Å². The van der Waals surface area contributed by atoms with E-state index in [-0.39, 0.29) is 6.04 Å². The molecule has 0 aromatic heterocycles. The van der Waals surface area contributed by atoms with Gasteiger partial charge in [-0.3, -0.25) is 14.6 Å². The van der Waals surface area contributed by atoms with E-state index in [9.17, 15) is 4.79 Å². The second-order valence-corrected chi connectivity index (χ2v) is 7.10. The number of rotatable bonds is 2. The van der Waals surface area contributed by atoms with Gasteiger partial charge in [0.25, 0.3) is 0 Å². The molecule has 0 N–H and O–H groups in total. The zero-order chi connectivity index (χ0) is 14.7. The number of amides is 1. The summed E-state index contributed by atoms with van der Waals surface area (Å²) in [7, 11) is 0. The first-order valence-corrected chi connectivity index (χ1v) is 9.02. The maximum atomic E-state index is 12.9. The maximum absolute atomic E-state index is 12.9. The van der Waals surface area contributed by atoms with Gasteiger partial charge < -0.3 is 4.90 Å².